The normalized spacial score (nSPS) is 12.1. The van der Waals surface area contributed by atoms with Gasteiger partial charge in [-0.25, -0.2) is 23.1 Å². The lowest BCUT2D eigenvalue weighted by Crippen LogP contribution is -2.23. The number of hydrogen-bond donors (Lipinski definition) is 2. The van der Waals surface area contributed by atoms with E-state index in [2.05, 4.69) is 19.7 Å². The average Bonchev–Trinajstić information content (AvgIpc) is 2.71. The molecule has 0 bridgehead atoms. The summed E-state index contributed by atoms with van der Waals surface area (Å²) >= 11 is 0. The molecule has 0 aliphatic carbocycles. The fraction of sp³-hybridized carbons (Fsp3) is 0.400. The molecule has 0 unspecified atom stereocenters. The number of aromatic amines is 1. The van der Waals surface area contributed by atoms with Crippen LogP contribution in [0.1, 0.15) is 11.4 Å². The number of aryl methyl sites for hydroxylation is 2. The maximum atomic E-state index is 11.3. The molecular weight excluding hydrogens is 240 g/mol. The van der Waals surface area contributed by atoms with Crippen molar-refractivity contribution in [2.45, 2.75) is 13.3 Å². The average molecular weight is 254 g/mol. The summed E-state index contributed by atoms with van der Waals surface area (Å²) in [6, 6.07) is 1.88. The quantitative estimate of drug-likeness (QED) is 0.824. The summed E-state index contributed by atoms with van der Waals surface area (Å²) in [5.41, 5.74) is 2.54. The Labute approximate surface area is 99.5 Å². The van der Waals surface area contributed by atoms with E-state index in [1.54, 1.807) is 6.20 Å². The zero-order chi connectivity index (χ0) is 12.5. The number of nitrogens with zero attached hydrogens (tertiary/aromatic N) is 2. The van der Waals surface area contributed by atoms with E-state index in [4.69, 9.17) is 0 Å². The number of sulfonamides is 1. The summed E-state index contributed by atoms with van der Waals surface area (Å²) in [5.74, 6) is 0.656. The third-order valence-electron chi connectivity index (χ3n) is 2.57. The van der Waals surface area contributed by atoms with Crippen molar-refractivity contribution >= 4 is 21.2 Å². The Balaban J connectivity index is 2.24. The van der Waals surface area contributed by atoms with Gasteiger partial charge in [0.25, 0.3) is 0 Å². The van der Waals surface area contributed by atoms with Gasteiger partial charge in [-0.2, -0.15) is 0 Å². The second-order valence-electron chi connectivity index (χ2n) is 3.78. The molecule has 0 spiro atoms. The lowest BCUT2D eigenvalue weighted by Gasteiger charge is -1.99. The van der Waals surface area contributed by atoms with Crippen LogP contribution in [0.4, 0.5) is 0 Å². The van der Waals surface area contributed by atoms with Crippen LogP contribution in [0.5, 0.6) is 0 Å². The maximum Gasteiger partial charge on any atom is 0.211 e. The van der Waals surface area contributed by atoms with Gasteiger partial charge in [-0.1, -0.05) is 0 Å². The molecule has 0 atom stereocenters. The smallest absolute Gasteiger partial charge is 0.211 e. The topological polar surface area (TPSA) is 87.7 Å². The number of aromatic nitrogens is 3. The fourth-order valence-electron chi connectivity index (χ4n) is 1.53. The summed E-state index contributed by atoms with van der Waals surface area (Å²) < 4.78 is 24.8. The van der Waals surface area contributed by atoms with Crippen LogP contribution in [-0.4, -0.2) is 36.2 Å². The number of pyridine rings is 1. The fourth-order valence-corrected chi connectivity index (χ4v) is 2.20. The Morgan fingerprint density at radius 1 is 1.47 bits per heavy atom. The minimum Gasteiger partial charge on any atom is -0.340 e. The van der Waals surface area contributed by atoms with Crippen molar-refractivity contribution in [3.8, 4) is 0 Å². The molecule has 0 fully saturated rings. The van der Waals surface area contributed by atoms with Gasteiger partial charge < -0.3 is 4.98 Å². The van der Waals surface area contributed by atoms with E-state index >= 15 is 0 Å². The highest BCUT2D eigenvalue weighted by molar-refractivity contribution is 7.89. The highest BCUT2D eigenvalue weighted by atomic mass is 32.2. The van der Waals surface area contributed by atoms with E-state index in [-0.39, 0.29) is 5.75 Å². The van der Waals surface area contributed by atoms with Crippen molar-refractivity contribution in [3.05, 3.63) is 23.7 Å². The zero-order valence-electron chi connectivity index (χ0n) is 9.69. The summed E-state index contributed by atoms with van der Waals surface area (Å²) in [5, 5.41) is 0. The molecule has 0 radical (unpaired) electrons. The monoisotopic (exact) mass is 254 g/mol. The SMILES string of the molecule is CNS(=O)(=O)CCc1nc2nccc(C)c2[nH]1. The van der Waals surface area contributed by atoms with Gasteiger partial charge in [-0.15, -0.1) is 0 Å². The number of nitrogens with one attached hydrogen (secondary N) is 2. The van der Waals surface area contributed by atoms with E-state index in [0.29, 0.717) is 17.9 Å². The molecule has 0 saturated heterocycles. The Bertz CT molecular complexity index is 633. The first-order chi connectivity index (χ1) is 8.02. The van der Waals surface area contributed by atoms with Crippen LogP contribution in [0.25, 0.3) is 11.2 Å². The third-order valence-corrected chi connectivity index (χ3v) is 3.93. The van der Waals surface area contributed by atoms with Gasteiger partial charge in [-0.3, -0.25) is 0 Å². The number of fused-ring (bicyclic) bond motifs is 1. The zero-order valence-corrected chi connectivity index (χ0v) is 10.5. The van der Waals surface area contributed by atoms with Crippen molar-refractivity contribution < 1.29 is 8.42 Å². The summed E-state index contributed by atoms with van der Waals surface area (Å²) in [6.07, 6.45) is 2.03. The van der Waals surface area contributed by atoms with E-state index < -0.39 is 10.0 Å². The number of H-pyrrole nitrogens is 1. The van der Waals surface area contributed by atoms with Crippen LogP contribution in [0, 0.1) is 6.92 Å². The minimum absolute atomic E-state index is 0.0162. The molecule has 7 heteroatoms. The lowest BCUT2D eigenvalue weighted by molar-refractivity contribution is 0.587. The molecule has 2 aromatic heterocycles. The van der Waals surface area contributed by atoms with Gasteiger partial charge in [0, 0.05) is 12.6 Å². The molecule has 0 aromatic carbocycles. The Kier molecular flexibility index (Phi) is 3.12. The second-order valence-corrected chi connectivity index (χ2v) is 5.83. The van der Waals surface area contributed by atoms with Gasteiger partial charge in [0.05, 0.1) is 11.3 Å². The maximum absolute atomic E-state index is 11.3. The van der Waals surface area contributed by atoms with E-state index in [9.17, 15) is 8.42 Å². The Morgan fingerprint density at radius 2 is 2.24 bits per heavy atom. The first-order valence-corrected chi connectivity index (χ1v) is 6.88. The first-order valence-electron chi connectivity index (χ1n) is 5.23. The van der Waals surface area contributed by atoms with Gasteiger partial charge in [0.2, 0.25) is 10.0 Å². The van der Waals surface area contributed by atoms with Crippen LogP contribution in [-0.2, 0) is 16.4 Å². The molecule has 0 saturated carbocycles. The van der Waals surface area contributed by atoms with Crippen LogP contribution in [0.2, 0.25) is 0 Å². The predicted octanol–water partition coefficient (Wildman–Crippen LogP) is 0.358. The first kappa shape index (κ1) is 12.0. The number of rotatable bonds is 4. The number of imidazole rings is 1. The van der Waals surface area contributed by atoms with Crippen molar-refractivity contribution in [2.75, 3.05) is 12.8 Å². The van der Waals surface area contributed by atoms with Crippen LogP contribution in [0.15, 0.2) is 12.3 Å². The largest absolute Gasteiger partial charge is 0.340 e. The molecule has 17 heavy (non-hydrogen) atoms. The molecule has 2 aromatic rings. The van der Waals surface area contributed by atoms with Crippen molar-refractivity contribution in [1.29, 1.82) is 0 Å². The standard InChI is InChI=1S/C10H14N4O2S/c1-7-3-5-12-10-9(7)13-8(14-10)4-6-17(15,16)11-2/h3,5,11H,4,6H2,1-2H3,(H,12,13,14). The molecule has 6 nitrogen and oxygen atoms in total. The highest BCUT2D eigenvalue weighted by Gasteiger charge is 2.10. The molecule has 0 aliphatic heterocycles. The van der Waals surface area contributed by atoms with Crippen molar-refractivity contribution in [3.63, 3.8) is 0 Å². The predicted molar refractivity (Wildman–Crippen MR) is 65.2 cm³/mol. The summed E-state index contributed by atoms with van der Waals surface area (Å²) in [6.45, 7) is 1.95. The highest BCUT2D eigenvalue weighted by Crippen LogP contribution is 2.13. The molecular formula is C10H14N4O2S. The van der Waals surface area contributed by atoms with E-state index in [0.717, 1.165) is 11.1 Å². The van der Waals surface area contributed by atoms with Crippen molar-refractivity contribution in [2.24, 2.45) is 0 Å². The summed E-state index contributed by atoms with van der Waals surface area (Å²) in [7, 11) is -1.79. The lowest BCUT2D eigenvalue weighted by atomic mass is 10.3. The molecule has 2 heterocycles. The van der Waals surface area contributed by atoms with Crippen LogP contribution in [0.3, 0.4) is 0 Å². The Hall–Kier alpha value is -1.47. The second kappa shape index (κ2) is 4.42. The minimum atomic E-state index is -3.20. The molecule has 2 rings (SSSR count). The molecule has 0 amide bonds. The van der Waals surface area contributed by atoms with Crippen molar-refractivity contribution in [1.82, 2.24) is 19.7 Å². The third kappa shape index (κ3) is 2.62. The van der Waals surface area contributed by atoms with Gasteiger partial charge in [0.15, 0.2) is 5.65 Å². The van der Waals surface area contributed by atoms with E-state index in [1.807, 2.05) is 13.0 Å². The molecule has 0 aliphatic rings. The van der Waals surface area contributed by atoms with Crippen LogP contribution >= 0.6 is 0 Å². The summed E-state index contributed by atoms with van der Waals surface area (Å²) in [4.78, 5) is 11.5. The van der Waals surface area contributed by atoms with Gasteiger partial charge >= 0.3 is 0 Å². The van der Waals surface area contributed by atoms with Gasteiger partial charge in [-0.05, 0) is 25.6 Å². The number of hydrogen-bond acceptors (Lipinski definition) is 4. The Morgan fingerprint density at radius 3 is 2.88 bits per heavy atom. The molecule has 2 N–H and O–H groups in total. The van der Waals surface area contributed by atoms with E-state index in [1.165, 1.54) is 7.05 Å². The van der Waals surface area contributed by atoms with Crippen LogP contribution < -0.4 is 4.72 Å². The molecule has 92 valence electrons. The van der Waals surface area contributed by atoms with Gasteiger partial charge in [0.1, 0.15) is 5.82 Å².